The lowest BCUT2D eigenvalue weighted by molar-refractivity contribution is 0.0116. The average molecular weight is 306 g/mol. The van der Waals surface area contributed by atoms with Gasteiger partial charge >= 0.3 is 0 Å². The predicted octanol–water partition coefficient (Wildman–Crippen LogP) is 4.35. The van der Waals surface area contributed by atoms with Crippen molar-refractivity contribution in [2.24, 2.45) is 0 Å². The minimum absolute atomic E-state index is 0.0189. The fraction of sp³-hybridized carbons (Fsp3) is 0.571. The van der Waals surface area contributed by atoms with Crippen molar-refractivity contribution in [3.05, 3.63) is 33.6 Å². The van der Waals surface area contributed by atoms with Gasteiger partial charge in [0.25, 0.3) is 0 Å². The quantitative estimate of drug-likeness (QED) is 0.838. The van der Waals surface area contributed by atoms with E-state index in [2.05, 4.69) is 12.2 Å². The molecule has 1 N–H and O–H groups in total. The maximum Gasteiger partial charge on any atom is 0.142 e. The van der Waals surface area contributed by atoms with Crippen LogP contribution < -0.4 is 5.32 Å². The molecule has 3 unspecified atom stereocenters. The summed E-state index contributed by atoms with van der Waals surface area (Å²) in [6.45, 7) is 4.80. The van der Waals surface area contributed by atoms with Crippen LogP contribution in [0.1, 0.15) is 38.3 Å². The van der Waals surface area contributed by atoms with Crippen LogP contribution in [0.2, 0.25) is 10.0 Å². The molecule has 5 heteroatoms. The molecule has 1 heterocycles. The summed E-state index contributed by atoms with van der Waals surface area (Å²) in [6.07, 6.45) is 2.18. The molecule has 0 aliphatic carbocycles. The third-order valence-electron chi connectivity index (χ3n) is 3.48. The summed E-state index contributed by atoms with van der Waals surface area (Å²) in [5, 5.41) is 4.03. The van der Waals surface area contributed by atoms with E-state index < -0.39 is 5.82 Å². The van der Waals surface area contributed by atoms with Gasteiger partial charge < -0.3 is 10.1 Å². The molecular weight excluding hydrogens is 288 g/mol. The van der Waals surface area contributed by atoms with Gasteiger partial charge in [-0.25, -0.2) is 4.39 Å². The van der Waals surface area contributed by atoms with Crippen molar-refractivity contribution in [2.75, 3.05) is 6.61 Å². The number of benzene rings is 1. The molecule has 2 nitrogen and oxygen atoms in total. The van der Waals surface area contributed by atoms with Crippen molar-refractivity contribution in [1.82, 2.24) is 5.32 Å². The Kier molecular flexibility index (Phi) is 5.07. The maximum absolute atomic E-state index is 13.5. The van der Waals surface area contributed by atoms with Crippen LogP contribution in [0.3, 0.4) is 0 Å². The van der Waals surface area contributed by atoms with Crippen molar-refractivity contribution in [3.63, 3.8) is 0 Å². The summed E-state index contributed by atoms with van der Waals surface area (Å²) in [5.41, 5.74) is 0.739. The lowest BCUT2D eigenvalue weighted by Gasteiger charge is -2.31. The molecule has 1 aliphatic rings. The minimum Gasteiger partial charge on any atom is -0.378 e. The zero-order chi connectivity index (χ0) is 14.0. The summed E-state index contributed by atoms with van der Waals surface area (Å²) in [4.78, 5) is 0. The Morgan fingerprint density at radius 3 is 2.79 bits per heavy atom. The van der Waals surface area contributed by atoms with Gasteiger partial charge in [-0.2, -0.15) is 0 Å². The first-order valence-electron chi connectivity index (χ1n) is 6.49. The highest BCUT2D eigenvalue weighted by molar-refractivity contribution is 6.35. The largest absolute Gasteiger partial charge is 0.378 e. The second kappa shape index (κ2) is 6.40. The van der Waals surface area contributed by atoms with Crippen LogP contribution in [0, 0.1) is 5.82 Å². The molecule has 0 aromatic heterocycles. The predicted molar refractivity (Wildman–Crippen MR) is 76.4 cm³/mol. The lowest BCUT2D eigenvalue weighted by Crippen LogP contribution is -2.39. The van der Waals surface area contributed by atoms with Crippen molar-refractivity contribution >= 4 is 23.2 Å². The van der Waals surface area contributed by atoms with Gasteiger partial charge in [-0.15, -0.1) is 0 Å². The Balaban J connectivity index is 2.07. The third-order valence-corrected chi connectivity index (χ3v) is 4.09. The molecule has 0 bridgehead atoms. The van der Waals surface area contributed by atoms with E-state index in [0.717, 1.165) is 25.0 Å². The zero-order valence-corrected chi connectivity index (χ0v) is 12.6. The minimum atomic E-state index is -0.435. The van der Waals surface area contributed by atoms with Crippen molar-refractivity contribution < 1.29 is 9.13 Å². The van der Waals surface area contributed by atoms with E-state index >= 15 is 0 Å². The number of ether oxygens (including phenoxy) is 1. The fourth-order valence-electron chi connectivity index (χ4n) is 2.46. The van der Waals surface area contributed by atoms with Gasteiger partial charge in [0.1, 0.15) is 5.82 Å². The zero-order valence-electron chi connectivity index (χ0n) is 11.1. The molecule has 1 fully saturated rings. The van der Waals surface area contributed by atoms with Gasteiger partial charge in [0.15, 0.2) is 0 Å². The van der Waals surface area contributed by atoms with E-state index in [9.17, 15) is 4.39 Å². The molecule has 1 aliphatic heterocycles. The summed E-state index contributed by atoms with van der Waals surface area (Å²) in [5.74, 6) is -0.435. The standard InChI is InChI=1S/C14H18Cl2FNO/c1-8-5-10(3-4-19-8)18-9(2)11-6-14(17)13(16)7-12(11)15/h6-10,18H,3-5H2,1-2H3. The van der Waals surface area contributed by atoms with E-state index in [-0.39, 0.29) is 17.2 Å². The third kappa shape index (κ3) is 3.82. The van der Waals surface area contributed by atoms with E-state index in [1.54, 1.807) is 0 Å². The molecule has 3 atom stereocenters. The smallest absolute Gasteiger partial charge is 0.142 e. The summed E-state index contributed by atoms with van der Waals surface area (Å²) in [7, 11) is 0. The molecule has 19 heavy (non-hydrogen) atoms. The van der Waals surface area contributed by atoms with Crippen molar-refractivity contribution in [2.45, 2.75) is 44.9 Å². The Hall–Kier alpha value is -0.350. The van der Waals surface area contributed by atoms with Gasteiger partial charge in [0, 0.05) is 23.7 Å². The monoisotopic (exact) mass is 305 g/mol. The summed E-state index contributed by atoms with van der Waals surface area (Å²) >= 11 is 11.8. The maximum atomic E-state index is 13.5. The van der Waals surface area contributed by atoms with Crippen LogP contribution in [0.4, 0.5) is 4.39 Å². The van der Waals surface area contributed by atoms with Gasteiger partial charge in [-0.3, -0.25) is 0 Å². The molecule has 2 rings (SSSR count). The van der Waals surface area contributed by atoms with Crippen LogP contribution >= 0.6 is 23.2 Å². The Morgan fingerprint density at radius 1 is 1.37 bits per heavy atom. The van der Waals surface area contributed by atoms with Gasteiger partial charge in [0.05, 0.1) is 11.1 Å². The molecule has 1 aromatic carbocycles. The average Bonchev–Trinajstić information content (AvgIpc) is 2.33. The molecule has 1 aromatic rings. The normalized spacial score (nSPS) is 25.3. The van der Waals surface area contributed by atoms with Crippen LogP contribution in [0.15, 0.2) is 12.1 Å². The first kappa shape index (κ1) is 15.0. The molecule has 0 spiro atoms. The molecule has 1 saturated heterocycles. The first-order valence-corrected chi connectivity index (χ1v) is 7.25. The van der Waals surface area contributed by atoms with Gasteiger partial charge in [0.2, 0.25) is 0 Å². The van der Waals surface area contributed by atoms with E-state index in [0.29, 0.717) is 11.1 Å². The Morgan fingerprint density at radius 2 is 2.11 bits per heavy atom. The van der Waals surface area contributed by atoms with E-state index in [1.165, 1.54) is 12.1 Å². The number of halogens is 3. The summed E-state index contributed by atoms with van der Waals surface area (Å²) < 4.78 is 19.0. The second-order valence-electron chi connectivity index (χ2n) is 5.08. The second-order valence-corrected chi connectivity index (χ2v) is 5.89. The van der Waals surface area contributed by atoms with Gasteiger partial charge in [-0.1, -0.05) is 23.2 Å². The van der Waals surface area contributed by atoms with Crippen molar-refractivity contribution in [1.29, 1.82) is 0 Å². The van der Waals surface area contributed by atoms with E-state index in [1.807, 2.05) is 6.92 Å². The van der Waals surface area contributed by atoms with Crippen LogP contribution in [-0.4, -0.2) is 18.8 Å². The molecule has 0 amide bonds. The SMILES string of the molecule is CC1CC(NC(C)c2cc(F)c(Cl)cc2Cl)CCO1. The highest BCUT2D eigenvalue weighted by Crippen LogP contribution is 2.29. The number of rotatable bonds is 3. The highest BCUT2D eigenvalue weighted by atomic mass is 35.5. The van der Waals surface area contributed by atoms with Crippen LogP contribution in [-0.2, 0) is 4.74 Å². The fourth-order valence-corrected chi connectivity index (χ4v) is 3.01. The molecule has 0 saturated carbocycles. The Labute approximate surface area is 123 Å². The number of nitrogens with one attached hydrogen (secondary N) is 1. The van der Waals surface area contributed by atoms with E-state index in [4.69, 9.17) is 27.9 Å². The highest BCUT2D eigenvalue weighted by Gasteiger charge is 2.22. The van der Waals surface area contributed by atoms with Crippen LogP contribution in [0.25, 0.3) is 0 Å². The van der Waals surface area contributed by atoms with Crippen LogP contribution in [0.5, 0.6) is 0 Å². The van der Waals surface area contributed by atoms with Crippen molar-refractivity contribution in [3.8, 4) is 0 Å². The topological polar surface area (TPSA) is 21.3 Å². The summed E-state index contributed by atoms with van der Waals surface area (Å²) in [6, 6.07) is 3.21. The first-order chi connectivity index (χ1) is 8.97. The van der Waals surface area contributed by atoms with Gasteiger partial charge in [-0.05, 0) is 44.4 Å². The molecule has 0 radical (unpaired) electrons. The number of hydrogen-bond acceptors (Lipinski definition) is 2. The molecular formula is C14H18Cl2FNO. The Bertz CT molecular complexity index is 455. The molecule has 106 valence electrons. The lowest BCUT2D eigenvalue weighted by atomic mass is 10.0. The number of hydrogen-bond donors (Lipinski definition) is 1.